The van der Waals surface area contributed by atoms with E-state index in [4.69, 9.17) is 25.8 Å². The minimum Gasteiger partial charge on any atom is -0.493 e. The molecule has 1 aromatic rings. The van der Waals surface area contributed by atoms with Gasteiger partial charge < -0.3 is 14.2 Å². The average molecular weight is 273 g/mol. The highest BCUT2D eigenvalue weighted by atomic mass is 35.5. The topological polar surface area (TPSA) is 44.8 Å². The Labute approximate surface area is 112 Å². The third-order valence-electron chi connectivity index (χ3n) is 2.13. The summed E-state index contributed by atoms with van der Waals surface area (Å²) in [4.78, 5) is 11.8. The first-order valence-corrected chi connectivity index (χ1v) is 6.28. The molecule has 18 heavy (non-hydrogen) atoms. The smallest absolute Gasteiger partial charge is 0.341 e. The first kappa shape index (κ1) is 14.6. The SMILES string of the molecule is CCOC(=O)c1cc(Cl)c(OCC)cc1OCC. The number of hydrogen-bond donors (Lipinski definition) is 0. The van der Waals surface area contributed by atoms with Crippen molar-refractivity contribution in [2.24, 2.45) is 0 Å². The van der Waals surface area contributed by atoms with Gasteiger partial charge in [0.25, 0.3) is 0 Å². The molecule has 5 heteroatoms. The van der Waals surface area contributed by atoms with Crippen molar-refractivity contribution in [1.82, 2.24) is 0 Å². The Morgan fingerprint density at radius 3 is 2.22 bits per heavy atom. The predicted molar refractivity (Wildman–Crippen MR) is 69.7 cm³/mol. The number of carbonyl (C=O) groups excluding carboxylic acids is 1. The van der Waals surface area contributed by atoms with Crippen LogP contribution in [-0.4, -0.2) is 25.8 Å². The number of benzene rings is 1. The fourth-order valence-corrected chi connectivity index (χ4v) is 1.66. The molecular formula is C13H17ClO4. The quantitative estimate of drug-likeness (QED) is 0.745. The van der Waals surface area contributed by atoms with Crippen molar-refractivity contribution in [3.8, 4) is 11.5 Å². The van der Waals surface area contributed by atoms with Crippen LogP contribution in [0.3, 0.4) is 0 Å². The Balaban J connectivity index is 3.15. The molecule has 0 amide bonds. The van der Waals surface area contributed by atoms with Gasteiger partial charge in [-0.1, -0.05) is 11.6 Å². The van der Waals surface area contributed by atoms with E-state index in [9.17, 15) is 4.79 Å². The molecule has 0 saturated heterocycles. The van der Waals surface area contributed by atoms with E-state index in [1.807, 2.05) is 13.8 Å². The van der Waals surface area contributed by atoms with Gasteiger partial charge >= 0.3 is 5.97 Å². The van der Waals surface area contributed by atoms with Crippen LogP contribution in [0.5, 0.6) is 11.5 Å². The van der Waals surface area contributed by atoms with Gasteiger partial charge in [0.2, 0.25) is 0 Å². The largest absolute Gasteiger partial charge is 0.493 e. The highest BCUT2D eigenvalue weighted by Gasteiger charge is 2.17. The lowest BCUT2D eigenvalue weighted by Crippen LogP contribution is -2.08. The fraction of sp³-hybridized carbons (Fsp3) is 0.462. The van der Waals surface area contributed by atoms with Gasteiger partial charge in [0, 0.05) is 6.07 Å². The zero-order valence-electron chi connectivity index (χ0n) is 10.8. The van der Waals surface area contributed by atoms with Gasteiger partial charge in [-0.2, -0.15) is 0 Å². The Morgan fingerprint density at radius 1 is 1.06 bits per heavy atom. The molecule has 0 N–H and O–H groups in total. The molecular weight excluding hydrogens is 256 g/mol. The highest BCUT2D eigenvalue weighted by molar-refractivity contribution is 6.32. The lowest BCUT2D eigenvalue weighted by atomic mass is 10.2. The van der Waals surface area contributed by atoms with Crippen molar-refractivity contribution in [3.63, 3.8) is 0 Å². The second-order valence-corrected chi connectivity index (χ2v) is 3.77. The summed E-state index contributed by atoms with van der Waals surface area (Å²) in [6.45, 7) is 6.67. The molecule has 0 aliphatic carbocycles. The lowest BCUT2D eigenvalue weighted by molar-refractivity contribution is 0.0522. The normalized spacial score (nSPS) is 10.0. The van der Waals surface area contributed by atoms with Crippen LogP contribution in [0.25, 0.3) is 0 Å². The van der Waals surface area contributed by atoms with E-state index < -0.39 is 5.97 Å². The van der Waals surface area contributed by atoms with Crippen molar-refractivity contribution >= 4 is 17.6 Å². The summed E-state index contributed by atoms with van der Waals surface area (Å²) in [5.74, 6) is 0.463. The van der Waals surface area contributed by atoms with E-state index in [0.717, 1.165) is 0 Å². The third kappa shape index (κ3) is 3.53. The van der Waals surface area contributed by atoms with Crippen molar-refractivity contribution in [2.45, 2.75) is 20.8 Å². The van der Waals surface area contributed by atoms with Crippen LogP contribution in [0.15, 0.2) is 12.1 Å². The van der Waals surface area contributed by atoms with Crippen LogP contribution < -0.4 is 9.47 Å². The molecule has 0 radical (unpaired) electrons. The average Bonchev–Trinajstić information content (AvgIpc) is 2.34. The summed E-state index contributed by atoms with van der Waals surface area (Å²) >= 11 is 6.04. The zero-order valence-corrected chi connectivity index (χ0v) is 11.5. The van der Waals surface area contributed by atoms with Gasteiger partial charge in [-0.05, 0) is 26.8 Å². The van der Waals surface area contributed by atoms with E-state index in [1.54, 1.807) is 13.0 Å². The molecule has 0 aromatic heterocycles. The highest BCUT2D eigenvalue weighted by Crippen LogP contribution is 2.33. The summed E-state index contributed by atoms with van der Waals surface area (Å²) in [7, 11) is 0. The van der Waals surface area contributed by atoms with Crippen LogP contribution in [0, 0.1) is 0 Å². The number of esters is 1. The van der Waals surface area contributed by atoms with Crippen LogP contribution >= 0.6 is 11.6 Å². The predicted octanol–water partition coefficient (Wildman–Crippen LogP) is 3.31. The third-order valence-corrected chi connectivity index (χ3v) is 2.42. The minimum atomic E-state index is -0.453. The molecule has 0 spiro atoms. The molecule has 0 unspecified atom stereocenters. The van der Waals surface area contributed by atoms with Crippen molar-refractivity contribution < 1.29 is 19.0 Å². The number of ether oxygens (including phenoxy) is 3. The second-order valence-electron chi connectivity index (χ2n) is 3.37. The Hall–Kier alpha value is -1.42. The molecule has 1 aromatic carbocycles. The number of carbonyl (C=O) groups is 1. The standard InChI is InChI=1S/C13H17ClO4/c1-4-16-11-8-12(17-5-2)10(14)7-9(11)13(15)18-6-3/h7-8H,4-6H2,1-3H3. The van der Waals surface area contributed by atoms with Gasteiger partial charge in [0.05, 0.1) is 24.8 Å². The van der Waals surface area contributed by atoms with E-state index in [0.29, 0.717) is 41.9 Å². The van der Waals surface area contributed by atoms with E-state index in [2.05, 4.69) is 0 Å². The molecule has 0 saturated carbocycles. The maximum Gasteiger partial charge on any atom is 0.341 e. The summed E-state index contributed by atoms with van der Waals surface area (Å²) in [5.41, 5.74) is 0.312. The summed E-state index contributed by atoms with van der Waals surface area (Å²) in [6.07, 6.45) is 0. The van der Waals surface area contributed by atoms with Gasteiger partial charge in [0.15, 0.2) is 0 Å². The summed E-state index contributed by atoms with van der Waals surface area (Å²) in [5, 5.41) is 0.364. The van der Waals surface area contributed by atoms with Gasteiger partial charge in [-0.3, -0.25) is 0 Å². The van der Waals surface area contributed by atoms with Crippen molar-refractivity contribution in [1.29, 1.82) is 0 Å². The lowest BCUT2D eigenvalue weighted by Gasteiger charge is -2.13. The first-order valence-electron chi connectivity index (χ1n) is 5.90. The molecule has 0 atom stereocenters. The Bertz CT molecular complexity index is 418. The number of rotatable bonds is 6. The molecule has 1 rings (SSSR count). The molecule has 0 aliphatic rings. The zero-order chi connectivity index (χ0) is 13.5. The summed E-state index contributed by atoms with van der Waals surface area (Å²) < 4.78 is 15.7. The fourth-order valence-electron chi connectivity index (χ4n) is 1.44. The van der Waals surface area contributed by atoms with E-state index in [1.165, 1.54) is 6.07 Å². The molecule has 100 valence electrons. The Kier molecular flexibility index (Phi) is 5.78. The van der Waals surface area contributed by atoms with Crippen LogP contribution in [-0.2, 0) is 4.74 Å². The number of hydrogen-bond acceptors (Lipinski definition) is 4. The van der Waals surface area contributed by atoms with Crippen LogP contribution in [0.4, 0.5) is 0 Å². The molecule has 4 nitrogen and oxygen atoms in total. The van der Waals surface area contributed by atoms with Crippen LogP contribution in [0.1, 0.15) is 31.1 Å². The van der Waals surface area contributed by atoms with Crippen LogP contribution in [0.2, 0.25) is 5.02 Å². The van der Waals surface area contributed by atoms with Crippen molar-refractivity contribution in [3.05, 3.63) is 22.7 Å². The van der Waals surface area contributed by atoms with Gasteiger partial charge in [0.1, 0.15) is 17.1 Å². The summed E-state index contributed by atoms with van der Waals surface area (Å²) in [6, 6.07) is 3.12. The van der Waals surface area contributed by atoms with Gasteiger partial charge in [-0.25, -0.2) is 4.79 Å². The monoisotopic (exact) mass is 272 g/mol. The number of halogens is 1. The second kappa shape index (κ2) is 7.11. The van der Waals surface area contributed by atoms with E-state index in [-0.39, 0.29) is 0 Å². The van der Waals surface area contributed by atoms with E-state index >= 15 is 0 Å². The maximum absolute atomic E-state index is 11.8. The molecule has 0 bridgehead atoms. The maximum atomic E-state index is 11.8. The molecule has 0 aliphatic heterocycles. The Morgan fingerprint density at radius 2 is 1.67 bits per heavy atom. The first-order chi connectivity index (χ1) is 8.63. The molecule has 0 heterocycles. The molecule has 0 fully saturated rings. The van der Waals surface area contributed by atoms with Crippen molar-refractivity contribution in [2.75, 3.05) is 19.8 Å². The van der Waals surface area contributed by atoms with Gasteiger partial charge in [-0.15, -0.1) is 0 Å². The minimum absolute atomic E-state index is 0.301.